The Hall–Kier alpha value is -4.25. The summed E-state index contributed by atoms with van der Waals surface area (Å²) in [6.07, 6.45) is 15.5. The number of allylic oxidation sites excluding steroid dienone is 4. The highest BCUT2D eigenvalue weighted by Crippen LogP contribution is 2.30. The summed E-state index contributed by atoms with van der Waals surface area (Å²) in [5.41, 5.74) is 8.08. The quantitative estimate of drug-likeness (QED) is 0.256. The van der Waals surface area contributed by atoms with Crippen LogP contribution in [0.25, 0.3) is 22.6 Å². The molecule has 0 fully saturated rings. The Morgan fingerprint density at radius 1 is 1.00 bits per heavy atom. The van der Waals surface area contributed by atoms with Crippen LogP contribution in [0.3, 0.4) is 0 Å². The molecule has 0 saturated heterocycles. The second-order valence-electron chi connectivity index (χ2n) is 10.3. The molecule has 0 amide bonds. The molecule has 3 heterocycles. The number of hydrogen-bond donors (Lipinski definition) is 1. The highest BCUT2D eigenvalue weighted by molar-refractivity contribution is 6.00. The van der Waals surface area contributed by atoms with Crippen molar-refractivity contribution in [2.24, 2.45) is 10.9 Å². The number of aromatic nitrogens is 2. The van der Waals surface area contributed by atoms with Gasteiger partial charge in [-0.25, -0.2) is 9.37 Å². The summed E-state index contributed by atoms with van der Waals surface area (Å²) in [5.74, 6) is 1.08. The van der Waals surface area contributed by atoms with Crippen molar-refractivity contribution in [2.45, 2.75) is 46.6 Å². The van der Waals surface area contributed by atoms with Crippen LogP contribution in [-0.2, 0) is 13.0 Å². The molecule has 1 aliphatic heterocycles. The lowest BCUT2D eigenvalue weighted by molar-refractivity contribution is 0.522. The number of benzene rings is 2. The van der Waals surface area contributed by atoms with Crippen molar-refractivity contribution in [3.05, 3.63) is 125 Å². The van der Waals surface area contributed by atoms with Crippen molar-refractivity contribution in [2.75, 3.05) is 0 Å². The molecule has 4 nitrogen and oxygen atoms in total. The molecule has 2 aromatic heterocycles. The highest BCUT2D eigenvalue weighted by atomic mass is 19.1. The van der Waals surface area contributed by atoms with Gasteiger partial charge in [0, 0.05) is 11.8 Å². The Bertz CT molecular complexity index is 1570. The number of pyridine rings is 1. The van der Waals surface area contributed by atoms with Crippen LogP contribution < -0.4 is 5.32 Å². The largest absolute Gasteiger partial charge is 0.339 e. The Kier molecular flexibility index (Phi) is 8.16. The van der Waals surface area contributed by atoms with E-state index in [1.54, 1.807) is 6.07 Å². The number of halogens is 1. The van der Waals surface area contributed by atoms with Gasteiger partial charge in [0.2, 0.25) is 0 Å². The lowest BCUT2D eigenvalue weighted by Crippen LogP contribution is -2.22. The summed E-state index contributed by atoms with van der Waals surface area (Å²) in [6, 6.07) is 19.5. The second-order valence-corrected chi connectivity index (χ2v) is 10.3. The molecule has 39 heavy (non-hydrogen) atoms. The molecule has 0 aliphatic carbocycles. The predicted octanol–water partition coefficient (Wildman–Crippen LogP) is 8.08. The number of nitrogens with one attached hydrogen (secondary N) is 1. The van der Waals surface area contributed by atoms with E-state index in [9.17, 15) is 4.39 Å². The predicted molar refractivity (Wildman–Crippen MR) is 160 cm³/mol. The first-order chi connectivity index (χ1) is 19.0. The molecule has 4 aromatic rings. The van der Waals surface area contributed by atoms with E-state index >= 15 is 0 Å². The Balaban J connectivity index is 1.56. The normalized spacial score (nSPS) is 18.2. The number of nitrogens with zero attached hydrogens (tertiary/aromatic N) is 3. The minimum absolute atomic E-state index is 0.255. The average molecular weight is 519 g/mol. The van der Waals surface area contributed by atoms with Gasteiger partial charge >= 0.3 is 0 Å². The smallest absolute Gasteiger partial charge is 0.138 e. The van der Waals surface area contributed by atoms with Crippen LogP contribution in [-0.4, -0.2) is 15.2 Å². The third-order valence-corrected chi connectivity index (χ3v) is 6.96. The number of fused-ring (bicyclic) bond motifs is 1. The molecule has 0 bridgehead atoms. The lowest BCUT2D eigenvalue weighted by Gasteiger charge is -2.15. The zero-order valence-electron chi connectivity index (χ0n) is 22.9. The molecule has 1 unspecified atom stereocenters. The van der Waals surface area contributed by atoms with Gasteiger partial charge < -0.3 is 5.32 Å². The van der Waals surface area contributed by atoms with Crippen LogP contribution in [0.15, 0.2) is 102 Å². The maximum Gasteiger partial charge on any atom is 0.138 e. The average Bonchev–Trinajstić information content (AvgIpc) is 3.27. The van der Waals surface area contributed by atoms with Gasteiger partial charge in [-0.2, -0.15) is 0 Å². The summed E-state index contributed by atoms with van der Waals surface area (Å²) >= 11 is 0. The van der Waals surface area contributed by atoms with Crippen molar-refractivity contribution >= 4 is 17.2 Å². The molecule has 198 valence electrons. The first-order valence-corrected chi connectivity index (χ1v) is 13.7. The second kappa shape index (κ2) is 12.1. The van der Waals surface area contributed by atoms with Gasteiger partial charge in [0.05, 0.1) is 23.6 Å². The molecule has 5 rings (SSSR count). The molecule has 0 radical (unpaired) electrons. The molecule has 2 aromatic carbocycles. The molecule has 1 N–H and O–H groups in total. The van der Waals surface area contributed by atoms with Gasteiger partial charge in [-0.3, -0.25) is 9.39 Å². The minimum atomic E-state index is -0.255. The fourth-order valence-corrected chi connectivity index (χ4v) is 5.01. The van der Waals surface area contributed by atoms with Crippen LogP contribution in [0.5, 0.6) is 0 Å². The standard InChI is InChI=1S/C34H35FN4/c1-4-9-25(3)20-26-18-19-39-32(22-26)38-33(28-16-14-24(2)15-17-28)34(39)30-12-6-5-7-13-31(37-30)36-23-27-10-8-11-29(35)21-27/h5-8,10-19,21-22,25H,4,9,20,23H2,1-3H3,(H,36,37). The van der Waals surface area contributed by atoms with Gasteiger partial charge in [-0.05, 0) is 66.8 Å². The Morgan fingerprint density at radius 2 is 1.85 bits per heavy atom. The van der Waals surface area contributed by atoms with Crippen molar-refractivity contribution in [1.29, 1.82) is 0 Å². The molecule has 1 atom stereocenters. The van der Waals surface area contributed by atoms with Gasteiger partial charge in [-0.1, -0.05) is 86.9 Å². The number of aryl methyl sites for hydroxylation is 1. The van der Waals surface area contributed by atoms with Gasteiger partial charge in [0.25, 0.3) is 0 Å². The van der Waals surface area contributed by atoms with Crippen LogP contribution in [0.2, 0.25) is 0 Å². The van der Waals surface area contributed by atoms with E-state index in [1.165, 1.54) is 36.1 Å². The number of rotatable bonds is 8. The maximum absolute atomic E-state index is 13.7. The summed E-state index contributed by atoms with van der Waals surface area (Å²) in [5, 5.41) is 3.54. The highest BCUT2D eigenvalue weighted by Gasteiger charge is 2.19. The third kappa shape index (κ3) is 6.43. The third-order valence-electron chi connectivity index (χ3n) is 6.96. The summed E-state index contributed by atoms with van der Waals surface area (Å²) in [4.78, 5) is 9.90. The molecule has 5 heteroatoms. The zero-order chi connectivity index (χ0) is 27.2. The molecular weight excluding hydrogens is 483 g/mol. The van der Waals surface area contributed by atoms with E-state index in [0.717, 1.165) is 40.3 Å². The van der Waals surface area contributed by atoms with Crippen LogP contribution >= 0.6 is 0 Å². The Morgan fingerprint density at radius 3 is 2.64 bits per heavy atom. The summed E-state index contributed by atoms with van der Waals surface area (Å²) in [6.45, 7) is 7.02. The van der Waals surface area contributed by atoms with E-state index in [2.05, 4.69) is 79.2 Å². The molecule has 1 aliphatic rings. The van der Waals surface area contributed by atoms with Crippen molar-refractivity contribution < 1.29 is 4.39 Å². The number of aliphatic imine (C=N–C) groups is 1. The first kappa shape index (κ1) is 26.4. The van der Waals surface area contributed by atoms with Crippen LogP contribution in [0, 0.1) is 18.7 Å². The van der Waals surface area contributed by atoms with Crippen molar-refractivity contribution in [3.8, 4) is 11.3 Å². The van der Waals surface area contributed by atoms with E-state index < -0.39 is 0 Å². The lowest BCUT2D eigenvalue weighted by atomic mass is 9.98. The first-order valence-electron chi connectivity index (χ1n) is 13.7. The van der Waals surface area contributed by atoms with Gasteiger partial charge in [0.1, 0.15) is 17.3 Å². The van der Waals surface area contributed by atoms with E-state index in [4.69, 9.17) is 9.98 Å². The maximum atomic E-state index is 13.7. The van der Waals surface area contributed by atoms with Crippen molar-refractivity contribution in [3.63, 3.8) is 0 Å². The van der Waals surface area contributed by atoms with Crippen molar-refractivity contribution in [1.82, 2.24) is 14.7 Å². The van der Waals surface area contributed by atoms with Crippen LogP contribution in [0.4, 0.5) is 4.39 Å². The fourth-order valence-electron chi connectivity index (χ4n) is 5.01. The number of amidine groups is 1. The summed E-state index contributed by atoms with van der Waals surface area (Å²) < 4.78 is 15.9. The van der Waals surface area contributed by atoms with Gasteiger partial charge in [-0.15, -0.1) is 0 Å². The fraction of sp³-hybridized carbons (Fsp3) is 0.235. The monoisotopic (exact) mass is 518 g/mol. The molecule has 0 spiro atoms. The topological polar surface area (TPSA) is 41.7 Å². The number of imidazole rings is 1. The number of hydrogen-bond acceptors (Lipinski definition) is 2. The van der Waals surface area contributed by atoms with E-state index in [0.29, 0.717) is 18.3 Å². The van der Waals surface area contributed by atoms with Gasteiger partial charge in [0.15, 0.2) is 0 Å². The molecule has 0 saturated carbocycles. The summed E-state index contributed by atoms with van der Waals surface area (Å²) in [7, 11) is 0. The van der Waals surface area contributed by atoms with E-state index in [-0.39, 0.29) is 5.82 Å². The zero-order valence-corrected chi connectivity index (χ0v) is 22.9. The minimum Gasteiger partial charge on any atom is -0.339 e. The van der Waals surface area contributed by atoms with E-state index in [1.807, 2.05) is 30.4 Å². The van der Waals surface area contributed by atoms with Crippen LogP contribution in [0.1, 0.15) is 49.1 Å². The SMILES string of the molecule is CCCC(C)Cc1ccn2c(/C3=C/C=C\C=C\C(=NCc4cccc(F)c4)N3)c(-c3ccc(C)cc3)nc2c1. The molecular formula is C34H35FN4. The Labute approximate surface area is 230 Å².